The number of hydrogen-bond donors (Lipinski definition) is 1. The van der Waals surface area contributed by atoms with E-state index in [4.69, 9.17) is 16.4 Å². The zero-order valence-corrected chi connectivity index (χ0v) is 6.95. The lowest BCUT2D eigenvalue weighted by Crippen LogP contribution is -1.94. The van der Waals surface area contributed by atoms with Crippen LogP contribution in [0.5, 0.6) is 0 Å². The zero-order valence-electron chi connectivity index (χ0n) is 5.38. The second-order valence-electron chi connectivity index (χ2n) is 1.93. The van der Waals surface area contributed by atoms with Crippen molar-refractivity contribution in [1.29, 1.82) is 0 Å². The van der Waals surface area contributed by atoms with Gasteiger partial charge in [-0.05, 0) is 39.4 Å². The highest BCUT2D eigenvalue weighted by Gasteiger charge is 1.91. The van der Waals surface area contributed by atoms with Crippen LogP contribution in [-0.4, -0.2) is 0 Å². The quantitative estimate of drug-likeness (QED) is 0.744. The summed E-state index contributed by atoms with van der Waals surface area (Å²) < 4.78 is 0. The molecule has 1 rings (SSSR count). The van der Waals surface area contributed by atoms with E-state index in [2.05, 4.69) is 0 Å². The molecule has 0 saturated carbocycles. The number of benzene rings is 1. The number of hydrogen-bond acceptors (Lipinski definition) is 2. The molecular formula is C7H8ClNS. The van der Waals surface area contributed by atoms with Gasteiger partial charge in [0.05, 0.1) is 0 Å². The van der Waals surface area contributed by atoms with E-state index in [1.807, 2.05) is 24.3 Å². The van der Waals surface area contributed by atoms with Crippen molar-refractivity contribution in [1.82, 2.24) is 0 Å². The van der Waals surface area contributed by atoms with Crippen LogP contribution in [0.1, 0.15) is 5.56 Å². The Morgan fingerprint density at radius 1 is 1.50 bits per heavy atom. The number of nitrogens with two attached hydrogens (primary N) is 1. The van der Waals surface area contributed by atoms with Crippen molar-refractivity contribution >= 4 is 21.7 Å². The SMILES string of the molecule is NCc1cccc(SCl)c1. The van der Waals surface area contributed by atoms with Crippen LogP contribution in [0.2, 0.25) is 0 Å². The fraction of sp³-hybridized carbons (Fsp3) is 0.143. The van der Waals surface area contributed by atoms with Crippen molar-refractivity contribution in [2.75, 3.05) is 0 Å². The first kappa shape index (κ1) is 7.92. The highest BCUT2D eigenvalue weighted by Crippen LogP contribution is 2.22. The first-order valence-electron chi connectivity index (χ1n) is 2.94. The van der Waals surface area contributed by atoms with Gasteiger partial charge in [-0.3, -0.25) is 0 Å². The van der Waals surface area contributed by atoms with E-state index in [1.165, 1.54) is 11.0 Å². The third-order valence-electron chi connectivity index (χ3n) is 1.22. The average Bonchev–Trinajstić information content (AvgIpc) is 2.05. The van der Waals surface area contributed by atoms with Gasteiger partial charge in [-0.1, -0.05) is 12.1 Å². The molecule has 0 aliphatic carbocycles. The Hall–Kier alpha value is -0.180. The molecule has 0 bridgehead atoms. The number of halogens is 1. The summed E-state index contributed by atoms with van der Waals surface area (Å²) in [5.41, 5.74) is 6.54. The van der Waals surface area contributed by atoms with Gasteiger partial charge in [0, 0.05) is 11.4 Å². The first-order chi connectivity index (χ1) is 4.86. The third-order valence-corrected chi connectivity index (χ3v) is 2.19. The summed E-state index contributed by atoms with van der Waals surface area (Å²) in [6.07, 6.45) is 0. The lowest BCUT2D eigenvalue weighted by molar-refractivity contribution is 1.06. The second-order valence-corrected chi connectivity index (χ2v) is 3.02. The molecule has 0 fully saturated rings. The van der Waals surface area contributed by atoms with E-state index in [9.17, 15) is 0 Å². The zero-order chi connectivity index (χ0) is 7.40. The molecule has 1 aromatic rings. The molecule has 0 heterocycles. The van der Waals surface area contributed by atoms with Gasteiger partial charge in [-0.15, -0.1) is 0 Å². The van der Waals surface area contributed by atoms with E-state index in [-0.39, 0.29) is 0 Å². The van der Waals surface area contributed by atoms with Crippen LogP contribution in [0.25, 0.3) is 0 Å². The summed E-state index contributed by atoms with van der Waals surface area (Å²) in [7, 11) is 6.75. The van der Waals surface area contributed by atoms with Crippen molar-refractivity contribution < 1.29 is 0 Å². The Morgan fingerprint density at radius 3 is 2.90 bits per heavy atom. The molecule has 0 aliphatic rings. The Morgan fingerprint density at radius 2 is 2.30 bits per heavy atom. The van der Waals surface area contributed by atoms with Gasteiger partial charge in [0.2, 0.25) is 0 Å². The Bertz CT molecular complexity index is 195. The van der Waals surface area contributed by atoms with Gasteiger partial charge in [-0.2, -0.15) is 0 Å². The summed E-state index contributed by atoms with van der Waals surface area (Å²) in [6.45, 7) is 0.575. The summed E-state index contributed by atoms with van der Waals surface area (Å²) in [4.78, 5) is 1.05. The smallest absolute Gasteiger partial charge is 0.0236 e. The molecule has 2 N–H and O–H groups in total. The normalized spacial score (nSPS) is 9.80. The van der Waals surface area contributed by atoms with Crippen LogP contribution < -0.4 is 5.73 Å². The molecule has 10 heavy (non-hydrogen) atoms. The Balaban J connectivity index is 2.87. The predicted molar refractivity (Wildman–Crippen MR) is 46.0 cm³/mol. The van der Waals surface area contributed by atoms with Crippen LogP contribution >= 0.6 is 21.7 Å². The van der Waals surface area contributed by atoms with Crippen molar-refractivity contribution in [3.63, 3.8) is 0 Å². The summed E-state index contributed by atoms with van der Waals surface area (Å²) in [5, 5.41) is 0. The minimum absolute atomic E-state index is 0.575. The molecule has 0 aliphatic heterocycles. The molecule has 0 aromatic heterocycles. The Kier molecular flexibility index (Phi) is 3.06. The first-order valence-corrected chi connectivity index (χ1v) is 4.58. The lowest BCUT2D eigenvalue weighted by Gasteiger charge is -1.96. The minimum atomic E-state index is 0.575. The maximum Gasteiger partial charge on any atom is 0.0236 e. The summed E-state index contributed by atoms with van der Waals surface area (Å²) in [6, 6.07) is 7.87. The van der Waals surface area contributed by atoms with Crippen molar-refractivity contribution in [3.05, 3.63) is 29.8 Å². The fourth-order valence-corrected chi connectivity index (χ4v) is 1.33. The van der Waals surface area contributed by atoms with Crippen LogP contribution in [0.15, 0.2) is 29.2 Å². The van der Waals surface area contributed by atoms with E-state index in [1.54, 1.807) is 0 Å². The van der Waals surface area contributed by atoms with E-state index in [0.717, 1.165) is 10.5 Å². The monoisotopic (exact) mass is 173 g/mol. The van der Waals surface area contributed by atoms with Gasteiger partial charge in [0.25, 0.3) is 0 Å². The van der Waals surface area contributed by atoms with E-state index in [0.29, 0.717) is 6.54 Å². The molecule has 0 unspecified atom stereocenters. The largest absolute Gasteiger partial charge is 0.326 e. The molecule has 0 radical (unpaired) electrons. The van der Waals surface area contributed by atoms with Gasteiger partial charge in [0.1, 0.15) is 0 Å². The van der Waals surface area contributed by atoms with Gasteiger partial charge >= 0.3 is 0 Å². The Labute approximate surface area is 69.1 Å². The molecule has 0 saturated heterocycles. The van der Waals surface area contributed by atoms with Crippen LogP contribution in [0.3, 0.4) is 0 Å². The molecule has 3 heteroatoms. The summed E-state index contributed by atoms with van der Waals surface area (Å²) in [5.74, 6) is 0. The maximum absolute atomic E-state index is 5.53. The van der Waals surface area contributed by atoms with Gasteiger partial charge in [0.15, 0.2) is 0 Å². The molecule has 0 spiro atoms. The lowest BCUT2D eigenvalue weighted by atomic mass is 10.2. The van der Waals surface area contributed by atoms with Crippen LogP contribution in [-0.2, 0) is 6.54 Å². The third kappa shape index (κ3) is 1.90. The fourth-order valence-electron chi connectivity index (χ4n) is 0.720. The van der Waals surface area contributed by atoms with Gasteiger partial charge in [-0.25, -0.2) is 0 Å². The standard InChI is InChI=1S/C7H8ClNS/c8-10-7-3-1-2-6(4-7)5-9/h1-4H,5,9H2. The molecule has 1 aromatic carbocycles. The highest BCUT2D eigenvalue weighted by atomic mass is 35.7. The molecular weight excluding hydrogens is 166 g/mol. The average molecular weight is 174 g/mol. The van der Waals surface area contributed by atoms with E-state index >= 15 is 0 Å². The number of rotatable bonds is 2. The van der Waals surface area contributed by atoms with E-state index < -0.39 is 0 Å². The highest BCUT2D eigenvalue weighted by molar-refractivity contribution is 8.21. The summed E-state index contributed by atoms with van der Waals surface area (Å²) >= 11 is 0. The molecule has 0 atom stereocenters. The van der Waals surface area contributed by atoms with Crippen molar-refractivity contribution in [3.8, 4) is 0 Å². The van der Waals surface area contributed by atoms with Crippen LogP contribution in [0.4, 0.5) is 0 Å². The molecule has 1 nitrogen and oxygen atoms in total. The van der Waals surface area contributed by atoms with Gasteiger partial charge < -0.3 is 5.73 Å². The molecule has 54 valence electrons. The maximum atomic E-state index is 5.53. The minimum Gasteiger partial charge on any atom is -0.326 e. The predicted octanol–water partition coefficient (Wildman–Crippen LogP) is 2.39. The van der Waals surface area contributed by atoms with Crippen molar-refractivity contribution in [2.45, 2.75) is 11.4 Å². The molecule has 0 amide bonds. The van der Waals surface area contributed by atoms with Crippen LogP contribution in [0, 0.1) is 0 Å². The van der Waals surface area contributed by atoms with Crippen molar-refractivity contribution in [2.24, 2.45) is 5.73 Å². The second kappa shape index (κ2) is 3.86. The topological polar surface area (TPSA) is 26.0 Å².